The number of nitrogens with zero attached hydrogens (tertiary/aromatic N) is 1. The van der Waals surface area contributed by atoms with E-state index in [1.807, 2.05) is 0 Å². The number of hydrogen-bond donors (Lipinski definition) is 2. The van der Waals surface area contributed by atoms with Gasteiger partial charge in [0, 0.05) is 18.1 Å². The Labute approximate surface area is 154 Å². The van der Waals surface area contributed by atoms with Gasteiger partial charge < -0.3 is 25.0 Å². The Hall–Kier alpha value is -2.25. The first-order valence-corrected chi connectivity index (χ1v) is 9.02. The molecule has 2 saturated heterocycles. The lowest BCUT2D eigenvalue weighted by atomic mass is 9.98. The van der Waals surface area contributed by atoms with Crippen LogP contribution in [0.5, 0.6) is 0 Å². The SMILES string of the molecule is C=CCOC(=O)N1[C@@H]2CC[C@H]1C[C@H](NC(=O)CNC(=O)OC(C)(C)C)C2. The Kier molecular flexibility index (Phi) is 6.50. The van der Waals surface area contributed by atoms with Crippen molar-refractivity contribution in [1.29, 1.82) is 0 Å². The molecular weight excluding hydrogens is 338 g/mol. The predicted octanol–water partition coefficient (Wildman–Crippen LogP) is 1.95. The van der Waals surface area contributed by atoms with Gasteiger partial charge in [0.15, 0.2) is 0 Å². The number of piperidine rings is 1. The van der Waals surface area contributed by atoms with Crippen LogP contribution in [-0.4, -0.2) is 59.9 Å². The van der Waals surface area contributed by atoms with Gasteiger partial charge in [-0.3, -0.25) is 4.79 Å². The van der Waals surface area contributed by atoms with Gasteiger partial charge in [0.05, 0.1) is 0 Å². The number of amides is 3. The number of fused-ring (bicyclic) bond motifs is 2. The molecule has 8 nitrogen and oxygen atoms in total. The summed E-state index contributed by atoms with van der Waals surface area (Å²) >= 11 is 0. The van der Waals surface area contributed by atoms with E-state index in [1.165, 1.54) is 0 Å². The van der Waals surface area contributed by atoms with Crippen molar-refractivity contribution in [3.63, 3.8) is 0 Å². The third kappa shape index (κ3) is 5.64. The van der Waals surface area contributed by atoms with Gasteiger partial charge in [0.1, 0.15) is 18.8 Å². The second-order valence-corrected chi connectivity index (χ2v) is 7.75. The number of carbonyl (C=O) groups excluding carboxylic acids is 3. The molecule has 2 N–H and O–H groups in total. The van der Waals surface area contributed by atoms with Gasteiger partial charge in [-0.15, -0.1) is 0 Å². The average molecular weight is 367 g/mol. The van der Waals surface area contributed by atoms with Crippen LogP contribution in [0.4, 0.5) is 9.59 Å². The third-order valence-corrected chi connectivity index (χ3v) is 4.43. The summed E-state index contributed by atoms with van der Waals surface area (Å²) in [4.78, 5) is 37.6. The lowest BCUT2D eigenvalue weighted by molar-refractivity contribution is -0.121. The lowest BCUT2D eigenvalue weighted by Gasteiger charge is -2.38. The minimum Gasteiger partial charge on any atom is -0.445 e. The molecule has 0 radical (unpaired) electrons. The van der Waals surface area contributed by atoms with E-state index >= 15 is 0 Å². The van der Waals surface area contributed by atoms with Crippen LogP contribution in [-0.2, 0) is 14.3 Å². The number of ether oxygens (including phenoxy) is 2. The first-order valence-electron chi connectivity index (χ1n) is 9.02. The maximum atomic E-state index is 12.1. The van der Waals surface area contributed by atoms with Crippen LogP contribution in [0.3, 0.4) is 0 Å². The summed E-state index contributed by atoms with van der Waals surface area (Å²) in [5.74, 6) is -0.261. The van der Waals surface area contributed by atoms with Gasteiger partial charge in [-0.1, -0.05) is 12.7 Å². The molecule has 2 aliphatic rings. The summed E-state index contributed by atoms with van der Waals surface area (Å²) in [5.41, 5.74) is -0.604. The molecule has 0 aromatic rings. The van der Waals surface area contributed by atoms with E-state index in [4.69, 9.17) is 9.47 Å². The molecule has 0 unspecified atom stereocenters. The minimum atomic E-state index is -0.618. The van der Waals surface area contributed by atoms with Crippen molar-refractivity contribution in [1.82, 2.24) is 15.5 Å². The summed E-state index contributed by atoms with van der Waals surface area (Å²) in [6, 6.07) is 0.147. The quantitative estimate of drug-likeness (QED) is 0.724. The van der Waals surface area contributed by atoms with E-state index in [2.05, 4.69) is 17.2 Å². The van der Waals surface area contributed by atoms with E-state index in [-0.39, 0.29) is 43.3 Å². The van der Waals surface area contributed by atoms with Gasteiger partial charge in [-0.25, -0.2) is 9.59 Å². The van der Waals surface area contributed by atoms with E-state index < -0.39 is 11.7 Å². The van der Waals surface area contributed by atoms with Crippen molar-refractivity contribution < 1.29 is 23.9 Å². The highest BCUT2D eigenvalue weighted by molar-refractivity contribution is 5.82. The molecule has 146 valence electrons. The molecule has 8 heteroatoms. The largest absolute Gasteiger partial charge is 0.445 e. The number of rotatable bonds is 5. The fourth-order valence-electron chi connectivity index (χ4n) is 3.54. The lowest BCUT2D eigenvalue weighted by Crippen LogP contribution is -2.53. The zero-order valence-electron chi connectivity index (χ0n) is 15.7. The fourth-order valence-corrected chi connectivity index (χ4v) is 3.54. The molecule has 3 amide bonds. The fraction of sp³-hybridized carbons (Fsp3) is 0.722. The average Bonchev–Trinajstić information content (AvgIpc) is 2.80. The summed E-state index contributed by atoms with van der Waals surface area (Å²) in [7, 11) is 0. The van der Waals surface area contributed by atoms with Gasteiger partial charge in [0.25, 0.3) is 0 Å². The zero-order chi connectivity index (χ0) is 19.3. The van der Waals surface area contributed by atoms with Gasteiger partial charge in [-0.2, -0.15) is 0 Å². The molecule has 0 spiro atoms. The van der Waals surface area contributed by atoms with Crippen molar-refractivity contribution in [2.45, 2.75) is 70.2 Å². The Morgan fingerprint density at radius 2 is 1.81 bits per heavy atom. The predicted molar refractivity (Wildman–Crippen MR) is 95.6 cm³/mol. The number of nitrogens with one attached hydrogen (secondary N) is 2. The molecule has 26 heavy (non-hydrogen) atoms. The summed E-state index contributed by atoms with van der Waals surface area (Å²) in [6.45, 7) is 8.89. The molecule has 2 aliphatic heterocycles. The van der Waals surface area contributed by atoms with Gasteiger partial charge in [-0.05, 0) is 46.5 Å². The Balaban J connectivity index is 1.77. The van der Waals surface area contributed by atoms with Crippen LogP contribution < -0.4 is 10.6 Å². The first-order chi connectivity index (χ1) is 12.2. The second kappa shape index (κ2) is 8.42. The van der Waals surface area contributed by atoms with Crippen LogP contribution in [0.1, 0.15) is 46.5 Å². The van der Waals surface area contributed by atoms with Crippen molar-refractivity contribution in [3.05, 3.63) is 12.7 Å². The monoisotopic (exact) mass is 367 g/mol. The Morgan fingerprint density at radius 3 is 2.35 bits per heavy atom. The van der Waals surface area contributed by atoms with E-state index in [1.54, 1.807) is 31.7 Å². The molecule has 0 aliphatic carbocycles. The molecular formula is C18H29N3O5. The maximum Gasteiger partial charge on any atom is 0.410 e. The Morgan fingerprint density at radius 1 is 1.19 bits per heavy atom. The van der Waals surface area contributed by atoms with Crippen LogP contribution in [0.2, 0.25) is 0 Å². The molecule has 2 heterocycles. The smallest absolute Gasteiger partial charge is 0.410 e. The van der Waals surface area contributed by atoms with Crippen LogP contribution >= 0.6 is 0 Å². The molecule has 2 rings (SSSR count). The highest BCUT2D eigenvalue weighted by Gasteiger charge is 2.44. The van der Waals surface area contributed by atoms with Gasteiger partial charge >= 0.3 is 12.2 Å². The molecule has 0 saturated carbocycles. The number of alkyl carbamates (subject to hydrolysis) is 1. The second-order valence-electron chi connectivity index (χ2n) is 7.75. The standard InChI is InChI=1S/C18H29N3O5/c1-5-8-25-17(24)21-13-6-7-14(21)10-12(9-13)20-15(22)11-19-16(23)26-18(2,3)4/h5,12-14H,1,6-11H2,2-4H3,(H,19,23)(H,20,22)/t12-,13-,14+. The minimum absolute atomic E-state index is 0.0103. The van der Waals surface area contributed by atoms with E-state index in [0.29, 0.717) is 12.8 Å². The summed E-state index contributed by atoms with van der Waals surface area (Å²) in [6.07, 6.45) is 3.83. The highest BCUT2D eigenvalue weighted by Crippen LogP contribution is 2.36. The topological polar surface area (TPSA) is 97.0 Å². The van der Waals surface area contributed by atoms with Crippen molar-refractivity contribution in [3.8, 4) is 0 Å². The zero-order valence-corrected chi connectivity index (χ0v) is 15.7. The van der Waals surface area contributed by atoms with Crippen LogP contribution in [0.15, 0.2) is 12.7 Å². The molecule has 2 bridgehead atoms. The molecule has 3 atom stereocenters. The van der Waals surface area contributed by atoms with E-state index in [9.17, 15) is 14.4 Å². The molecule has 0 aromatic carbocycles. The molecule has 0 aromatic heterocycles. The summed E-state index contributed by atoms with van der Waals surface area (Å²) in [5, 5.41) is 5.39. The van der Waals surface area contributed by atoms with Crippen molar-refractivity contribution >= 4 is 18.1 Å². The molecule has 2 fully saturated rings. The van der Waals surface area contributed by atoms with Gasteiger partial charge in [0.2, 0.25) is 5.91 Å². The third-order valence-electron chi connectivity index (χ3n) is 4.43. The van der Waals surface area contributed by atoms with Crippen LogP contribution in [0.25, 0.3) is 0 Å². The Bertz CT molecular complexity index is 544. The van der Waals surface area contributed by atoms with Crippen molar-refractivity contribution in [2.24, 2.45) is 0 Å². The maximum absolute atomic E-state index is 12.1. The van der Waals surface area contributed by atoms with Crippen LogP contribution in [0, 0.1) is 0 Å². The van der Waals surface area contributed by atoms with Crippen molar-refractivity contribution in [2.75, 3.05) is 13.2 Å². The first kappa shape index (κ1) is 20.1. The van der Waals surface area contributed by atoms with E-state index in [0.717, 1.165) is 12.8 Å². The normalized spacial score (nSPS) is 24.6. The summed E-state index contributed by atoms with van der Waals surface area (Å²) < 4.78 is 10.3. The number of hydrogen-bond acceptors (Lipinski definition) is 5. The number of carbonyl (C=O) groups is 3. The highest BCUT2D eigenvalue weighted by atomic mass is 16.6.